The van der Waals surface area contributed by atoms with Crippen LogP contribution in [0.1, 0.15) is 71.5 Å². The Hall–Kier alpha value is -4.00. The molecule has 184 valence electrons. The summed E-state index contributed by atoms with van der Waals surface area (Å²) in [7, 11) is 0. The maximum Gasteiger partial charge on any atom is 0.297 e. The zero-order chi connectivity index (χ0) is 25.2. The van der Waals surface area contributed by atoms with Crippen LogP contribution < -0.4 is 15.1 Å². The second-order valence-electron chi connectivity index (χ2n) is 9.21. The van der Waals surface area contributed by atoms with Crippen molar-refractivity contribution in [1.82, 2.24) is 9.97 Å². The number of hydrogen-bond donors (Lipinski definition) is 0. The van der Waals surface area contributed by atoms with Gasteiger partial charge in [-0.2, -0.15) is 0 Å². The number of fused-ring (bicyclic) bond motifs is 2. The monoisotopic (exact) mass is 483 g/mol. The lowest BCUT2D eigenvalue weighted by atomic mass is 9.97. The third-order valence-corrected chi connectivity index (χ3v) is 6.72. The summed E-state index contributed by atoms with van der Waals surface area (Å²) in [6.45, 7) is 6.74. The number of aryl methyl sites for hydroxylation is 2. The average molecular weight is 484 g/mol. The molecule has 2 aromatic heterocycles. The van der Waals surface area contributed by atoms with Gasteiger partial charge in [-0.05, 0) is 67.3 Å². The van der Waals surface area contributed by atoms with Gasteiger partial charge in [0, 0.05) is 12.4 Å². The first-order valence-electron chi connectivity index (χ1n) is 12.4. The van der Waals surface area contributed by atoms with E-state index in [9.17, 15) is 9.59 Å². The van der Waals surface area contributed by atoms with Crippen molar-refractivity contribution in [3.63, 3.8) is 0 Å². The standard InChI is InChI=1S/C29H29N3O4/c1-4-5-6-7-15-35-21-11-9-20(10-12-21)25-24-26(33)22-16-18(2)19(3)17-23(22)36-27(24)28(34)32(25)29-30-13-8-14-31-29/h8-14,16-17,25H,4-7,15H2,1-3H3. The van der Waals surface area contributed by atoms with Gasteiger partial charge in [-0.15, -0.1) is 0 Å². The molecule has 7 heteroatoms. The molecule has 2 aromatic carbocycles. The minimum Gasteiger partial charge on any atom is -0.494 e. The molecule has 0 bridgehead atoms. The summed E-state index contributed by atoms with van der Waals surface area (Å²) < 4.78 is 12.0. The van der Waals surface area contributed by atoms with E-state index < -0.39 is 11.9 Å². The molecule has 0 spiro atoms. The first-order valence-corrected chi connectivity index (χ1v) is 12.4. The maximum atomic E-state index is 13.8. The molecule has 3 heterocycles. The first kappa shape index (κ1) is 23.7. The van der Waals surface area contributed by atoms with Gasteiger partial charge in [0.25, 0.3) is 5.91 Å². The molecule has 1 aliphatic heterocycles. The minimum atomic E-state index is -0.712. The van der Waals surface area contributed by atoms with Crippen LogP contribution in [-0.4, -0.2) is 22.5 Å². The van der Waals surface area contributed by atoms with Crippen LogP contribution in [0.3, 0.4) is 0 Å². The number of carbonyl (C=O) groups is 1. The number of anilines is 1. The number of amides is 1. The van der Waals surface area contributed by atoms with Crippen LogP contribution in [-0.2, 0) is 0 Å². The van der Waals surface area contributed by atoms with Crippen molar-refractivity contribution in [3.05, 3.63) is 93.1 Å². The number of hydrogen-bond acceptors (Lipinski definition) is 6. The smallest absolute Gasteiger partial charge is 0.297 e. The predicted octanol–water partition coefficient (Wildman–Crippen LogP) is 5.91. The maximum absolute atomic E-state index is 13.8. The third-order valence-electron chi connectivity index (χ3n) is 6.72. The fourth-order valence-corrected chi connectivity index (χ4v) is 4.63. The largest absolute Gasteiger partial charge is 0.494 e. The Bertz CT molecular complexity index is 1460. The lowest BCUT2D eigenvalue weighted by Gasteiger charge is -2.23. The van der Waals surface area contributed by atoms with Crippen molar-refractivity contribution in [2.45, 2.75) is 52.5 Å². The third kappa shape index (κ3) is 4.26. The van der Waals surface area contributed by atoms with Crippen molar-refractivity contribution < 1.29 is 13.9 Å². The molecule has 1 unspecified atom stereocenters. The van der Waals surface area contributed by atoms with Gasteiger partial charge in [-0.25, -0.2) is 9.97 Å². The van der Waals surface area contributed by atoms with E-state index in [1.807, 2.05) is 50.2 Å². The Morgan fingerprint density at radius 2 is 1.69 bits per heavy atom. The molecule has 0 fully saturated rings. The molecule has 0 saturated heterocycles. The summed E-state index contributed by atoms with van der Waals surface area (Å²) in [6.07, 6.45) is 7.68. The molecular weight excluding hydrogens is 454 g/mol. The van der Waals surface area contributed by atoms with Crippen LogP contribution in [0, 0.1) is 13.8 Å². The van der Waals surface area contributed by atoms with Crippen molar-refractivity contribution in [2.24, 2.45) is 0 Å². The lowest BCUT2D eigenvalue weighted by Crippen LogP contribution is -2.31. The van der Waals surface area contributed by atoms with Crippen LogP contribution >= 0.6 is 0 Å². The van der Waals surface area contributed by atoms with E-state index in [1.165, 1.54) is 17.7 Å². The van der Waals surface area contributed by atoms with Crippen molar-refractivity contribution in [2.75, 3.05) is 11.5 Å². The number of rotatable bonds is 8. The number of ether oxygens (including phenoxy) is 1. The quantitative estimate of drug-likeness (QED) is 0.290. The van der Waals surface area contributed by atoms with Crippen LogP contribution in [0.4, 0.5) is 5.95 Å². The van der Waals surface area contributed by atoms with Crippen LogP contribution in [0.2, 0.25) is 0 Å². The summed E-state index contributed by atoms with van der Waals surface area (Å²) >= 11 is 0. The zero-order valence-electron chi connectivity index (χ0n) is 20.8. The second-order valence-corrected chi connectivity index (χ2v) is 9.21. The molecule has 1 amide bonds. The summed E-state index contributed by atoms with van der Waals surface area (Å²) in [5.41, 5.74) is 3.21. The molecule has 1 atom stereocenters. The lowest BCUT2D eigenvalue weighted by molar-refractivity contribution is 0.0969. The Balaban J connectivity index is 1.58. The number of aromatic nitrogens is 2. The highest BCUT2D eigenvalue weighted by Crippen LogP contribution is 2.40. The Morgan fingerprint density at radius 1 is 0.972 bits per heavy atom. The van der Waals surface area contributed by atoms with Gasteiger partial charge in [0.2, 0.25) is 11.7 Å². The van der Waals surface area contributed by atoms with E-state index in [-0.39, 0.29) is 17.1 Å². The molecule has 5 rings (SSSR count). The van der Waals surface area contributed by atoms with E-state index in [2.05, 4.69) is 16.9 Å². The van der Waals surface area contributed by atoms with Crippen molar-refractivity contribution in [3.8, 4) is 5.75 Å². The SMILES string of the molecule is CCCCCCOc1ccc(C2c3c(oc4cc(C)c(C)cc4c3=O)C(=O)N2c2ncccn2)cc1. The van der Waals surface area contributed by atoms with Gasteiger partial charge in [-0.1, -0.05) is 38.3 Å². The minimum absolute atomic E-state index is 0.0319. The topological polar surface area (TPSA) is 85.5 Å². The summed E-state index contributed by atoms with van der Waals surface area (Å²) in [5.74, 6) is 0.559. The fourth-order valence-electron chi connectivity index (χ4n) is 4.63. The average Bonchev–Trinajstić information content (AvgIpc) is 3.18. The van der Waals surface area contributed by atoms with E-state index in [4.69, 9.17) is 9.15 Å². The van der Waals surface area contributed by atoms with Crippen molar-refractivity contribution in [1.29, 1.82) is 0 Å². The zero-order valence-corrected chi connectivity index (χ0v) is 20.8. The first-order chi connectivity index (χ1) is 17.5. The molecule has 4 aromatic rings. The van der Waals surface area contributed by atoms with E-state index in [1.54, 1.807) is 18.5 Å². The second kappa shape index (κ2) is 9.93. The van der Waals surface area contributed by atoms with Crippen LogP contribution in [0.25, 0.3) is 11.0 Å². The van der Waals surface area contributed by atoms with Gasteiger partial charge in [0.05, 0.1) is 23.6 Å². The normalized spacial score (nSPS) is 14.9. The van der Waals surface area contributed by atoms with Gasteiger partial charge in [-0.3, -0.25) is 14.5 Å². The van der Waals surface area contributed by atoms with E-state index in [0.717, 1.165) is 35.3 Å². The number of carbonyl (C=O) groups excluding carboxylic acids is 1. The highest BCUT2D eigenvalue weighted by molar-refractivity contribution is 6.09. The molecule has 1 aliphatic rings. The molecule has 36 heavy (non-hydrogen) atoms. The number of nitrogens with zero attached hydrogens (tertiary/aromatic N) is 3. The molecule has 0 radical (unpaired) electrons. The molecular formula is C29H29N3O4. The fraction of sp³-hybridized carbons (Fsp3) is 0.310. The molecule has 0 aliphatic carbocycles. The summed E-state index contributed by atoms with van der Waals surface area (Å²) in [4.78, 5) is 37.4. The van der Waals surface area contributed by atoms with E-state index >= 15 is 0 Å². The Morgan fingerprint density at radius 3 is 2.42 bits per heavy atom. The van der Waals surface area contributed by atoms with Gasteiger partial charge >= 0.3 is 0 Å². The summed E-state index contributed by atoms with van der Waals surface area (Å²) in [5, 5.41) is 0.456. The highest BCUT2D eigenvalue weighted by Gasteiger charge is 2.44. The van der Waals surface area contributed by atoms with Crippen molar-refractivity contribution >= 4 is 22.8 Å². The van der Waals surface area contributed by atoms with Gasteiger partial charge < -0.3 is 9.15 Å². The Kier molecular flexibility index (Phi) is 6.55. The van der Waals surface area contributed by atoms with Crippen LogP contribution in [0.5, 0.6) is 5.75 Å². The molecule has 0 saturated carbocycles. The molecule has 7 nitrogen and oxygen atoms in total. The van der Waals surface area contributed by atoms with E-state index in [0.29, 0.717) is 23.1 Å². The number of benzene rings is 2. The van der Waals surface area contributed by atoms with Crippen LogP contribution in [0.15, 0.2) is 64.1 Å². The summed E-state index contributed by atoms with van der Waals surface area (Å²) in [6, 6.07) is 12.1. The number of unbranched alkanes of at least 4 members (excludes halogenated alkanes) is 3. The Labute approximate surface area is 209 Å². The predicted molar refractivity (Wildman–Crippen MR) is 139 cm³/mol. The highest BCUT2D eigenvalue weighted by atomic mass is 16.5. The van der Waals surface area contributed by atoms with Gasteiger partial charge in [0.1, 0.15) is 11.3 Å². The molecule has 0 N–H and O–H groups in total. The van der Waals surface area contributed by atoms with Gasteiger partial charge in [0.15, 0.2) is 5.43 Å².